The summed E-state index contributed by atoms with van der Waals surface area (Å²) in [5.41, 5.74) is 0.352. The normalized spacial score (nSPS) is 11.1. The molecule has 7 nitrogen and oxygen atoms in total. The molecular formula is C26H28F2N2O5S2. The number of ether oxygens (including phenoxy) is 2. The third-order valence-electron chi connectivity index (χ3n) is 5.35. The van der Waals surface area contributed by atoms with E-state index < -0.39 is 28.3 Å². The first-order chi connectivity index (χ1) is 17.8. The number of hydrogen-bond donors (Lipinski definition) is 1. The Kier molecular flexibility index (Phi) is 10.2. The average molecular weight is 551 g/mol. The van der Waals surface area contributed by atoms with Gasteiger partial charge >= 0.3 is 0 Å². The topological polar surface area (TPSA) is 84.9 Å². The van der Waals surface area contributed by atoms with Gasteiger partial charge < -0.3 is 14.8 Å². The zero-order valence-corrected chi connectivity index (χ0v) is 22.1. The summed E-state index contributed by atoms with van der Waals surface area (Å²) in [6.45, 7) is -0.343. The van der Waals surface area contributed by atoms with E-state index in [4.69, 9.17) is 9.47 Å². The van der Waals surface area contributed by atoms with Gasteiger partial charge in [-0.3, -0.25) is 9.10 Å². The monoisotopic (exact) mass is 550 g/mol. The van der Waals surface area contributed by atoms with Crippen molar-refractivity contribution in [1.29, 1.82) is 0 Å². The number of anilines is 1. The SMILES string of the molecule is COc1ccc(S(=O)(=O)N(CC(=O)NCCCSCc2ccccc2F)c2ccccc2F)cc1OC. The minimum absolute atomic E-state index is 0.175. The molecule has 3 aromatic rings. The second kappa shape index (κ2) is 13.3. The largest absolute Gasteiger partial charge is 0.493 e. The Balaban J connectivity index is 1.67. The Bertz CT molecular complexity index is 1320. The van der Waals surface area contributed by atoms with Gasteiger partial charge in [-0.05, 0) is 48.1 Å². The van der Waals surface area contributed by atoms with Crippen LogP contribution in [0, 0.1) is 11.6 Å². The summed E-state index contributed by atoms with van der Waals surface area (Å²) in [6.07, 6.45) is 0.590. The van der Waals surface area contributed by atoms with Gasteiger partial charge in [-0.25, -0.2) is 17.2 Å². The number of methoxy groups -OCH3 is 2. The number of thioether (sulfide) groups is 1. The Labute approximate surface area is 219 Å². The van der Waals surface area contributed by atoms with Gasteiger partial charge in [0.1, 0.15) is 18.2 Å². The number of hydrogen-bond acceptors (Lipinski definition) is 6. The summed E-state index contributed by atoms with van der Waals surface area (Å²) in [5, 5.41) is 2.68. The lowest BCUT2D eigenvalue weighted by molar-refractivity contribution is -0.119. The van der Waals surface area contributed by atoms with E-state index in [1.165, 1.54) is 68.4 Å². The van der Waals surface area contributed by atoms with E-state index in [9.17, 15) is 22.0 Å². The first-order valence-electron chi connectivity index (χ1n) is 11.3. The summed E-state index contributed by atoms with van der Waals surface area (Å²) in [5.74, 6) is 0.0299. The summed E-state index contributed by atoms with van der Waals surface area (Å²) in [4.78, 5) is 12.5. The van der Waals surface area contributed by atoms with Crippen molar-refractivity contribution in [2.75, 3.05) is 37.4 Å². The molecule has 0 saturated carbocycles. The van der Waals surface area contributed by atoms with Gasteiger partial charge in [0.2, 0.25) is 5.91 Å². The van der Waals surface area contributed by atoms with E-state index in [1.807, 2.05) is 0 Å². The minimum Gasteiger partial charge on any atom is -0.493 e. The maximum Gasteiger partial charge on any atom is 0.265 e. The molecule has 3 rings (SSSR count). The predicted octanol–water partition coefficient (Wildman–Crippen LogP) is 4.62. The van der Waals surface area contributed by atoms with Gasteiger partial charge in [0.05, 0.1) is 24.8 Å². The van der Waals surface area contributed by atoms with Crippen molar-refractivity contribution in [3.63, 3.8) is 0 Å². The highest BCUT2D eigenvalue weighted by molar-refractivity contribution is 7.98. The van der Waals surface area contributed by atoms with Crippen LogP contribution in [-0.4, -0.2) is 47.4 Å². The molecule has 0 unspecified atom stereocenters. The highest BCUT2D eigenvalue weighted by Crippen LogP contribution is 2.32. The smallest absolute Gasteiger partial charge is 0.265 e. The number of amides is 1. The molecule has 37 heavy (non-hydrogen) atoms. The molecule has 0 saturated heterocycles. The van der Waals surface area contributed by atoms with Crippen molar-refractivity contribution in [2.24, 2.45) is 0 Å². The van der Waals surface area contributed by atoms with Gasteiger partial charge in [0, 0.05) is 18.4 Å². The van der Waals surface area contributed by atoms with Crippen molar-refractivity contribution >= 4 is 33.4 Å². The maximum atomic E-state index is 14.6. The fourth-order valence-corrected chi connectivity index (χ4v) is 5.84. The molecule has 3 aromatic carbocycles. The number of rotatable bonds is 13. The first-order valence-corrected chi connectivity index (χ1v) is 13.9. The van der Waals surface area contributed by atoms with Crippen molar-refractivity contribution in [3.05, 3.63) is 83.9 Å². The molecule has 0 spiro atoms. The lowest BCUT2D eigenvalue weighted by Crippen LogP contribution is -2.41. The summed E-state index contributed by atoms with van der Waals surface area (Å²) in [7, 11) is -1.56. The van der Waals surface area contributed by atoms with Crippen molar-refractivity contribution < 1.29 is 31.5 Å². The third-order valence-corrected chi connectivity index (χ3v) is 8.20. The van der Waals surface area contributed by atoms with Crippen molar-refractivity contribution in [2.45, 2.75) is 17.1 Å². The van der Waals surface area contributed by atoms with Crippen LogP contribution in [0.2, 0.25) is 0 Å². The lowest BCUT2D eigenvalue weighted by atomic mass is 10.2. The lowest BCUT2D eigenvalue weighted by Gasteiger charge is -2.25. The van der Waals surface area contributed by atoms with Gasteiger partial charge in [-0.15, -0.1) is 0 Å². The van der Waals surface area contributed by atoms with E-state index in [-0.39, 0.29) is 28.7 Å². The molecule has 0 atom stereocenters. The number of para-hydroxylation sites is 1. The summed E-state index contributed by atoms with van der Waals surface area (Å²) >= 11 is 1.52. The molecule has 1 N–H and O–H groups in total. The van der Waals surface area contributed by atoms with Gasteiger partial charge in [0.25, 0.3) is 10.0 Å². The van der Waals surface area contributed by atoms with E-state index in [0.29, 0.717) is 29.2 Å². The number of halogens is 2. The molecule has 1 amide bonds. The van der Waals surface area contributed by atoms with E-state index in [2.05, 4.69) is 5.32 Å². The number of benzene rings is 3. The molecule has 11 heteroatoms. The molecule has 0 aliphatic heterocycles. The minimum atomic E-state index is -4.35. The average Bonchev–Trinajstić information content (AvgIpc) is 2.90. The van der Waals surface area contributed by atoms with Gasteiger partial charge in [0.15, 0.2) is 11.5 Å². The standard InChI is InChI=1S/C26H28F2N2O5S2/c1-34-24-13-12-20(16-25(24)35-2)37(32,33)30(23-11-6-5-10-22(23)28)17-26(31)29-14-7-15-36-18-19-8-3-4-9-21(19)27/h3-6,8-13,16H,7,14-15,17-18H2,1-2H3,(H,29,31). The first kappa shape index (κ1) is 28.3. The number of carbonyl (C=O) groups is 1. The number of nitrogens with one attached hydrogen (secondary N) is 1. The van der Waals surface area contributed by atoms with Crippen LogP contribution in [0.5, 0.6) is 11.5 Å². The van der Waals surface area contributed by atoms with Crippen LogP contribution < -0.4 is 19.1 Å². The van der Waals surface area contributed by atoms with Gasteiger partial charge in [-0.2, -0.15) is 11.8 Å². The third kappa shape index (κ3) is 7.36. The number of nitrogens with zero attached hydrogens (tertiary/aromatic N) is 1. The van der Waals surface area contributed by atoms with Crippen molar-refractivity contribution in [1.82, 2.24) is 5.32 Å². The zero-order chi connectivity index (χ0) is 26.8. The summed E-state index contributed by atoms with van der Waals surface area (Å²) < 4.78 is 66.5. The van der Waals surface area contributed by atoms with Crippen LogP contribution >= 0.6 is 11.8 Å². The molecule has 0 aliphatic carbocycles. The Morgan fingerprint density at radius 2 is 1.62 bits per heavy atom. The molecule has 0 radical (unpaired) electrons. The molecule has 0 aromatic heterocycles. The zero-order valence-electron chi connectivity index (χ0n) is 20.4. The fraction of sp³-hybridized carbons (Fsp3) is 0.269. The molecule has 198 valence electrons. The Morgan fingerprint density at radius 3 is 2.30 bits per heavy atom. The van der Waals surface area contributed by atoms with E-state index in [1.54, 1.807) is 18.2 Å². The second-order valence-corrected chi connectivity index (χ2v) is 10.8. The van der Waals surface area contributed by atoms with E-state index in [0.717, 1.165) is 10.4 Å². The van der Waals surface area contributed by atoms with Crippen LogP contribution in [0.3, 0.4) is 0 Å². The molecule has 0 heterocycles. The van der Waals surface area contributed by atoms with E-state index >= 15 is 0 Å². The second-order valence-electron chi connectivity index (χ2n) is 7.83. The highest BCUT2D eigenvalue weighted by Gasteiger charge is 2.30. The predicted molar refractivity (Wildman–Crippen MR) is 141 cm³/mol. The van der Waals surface area contributed by atoms with Crippen LogP contribution in [0.1, 0.15) is 12.0 Å². The molecular weight excluding hydrogens is 522 g/mol. The maximum absolute atomic E-state index is 14.6. The molecule has 0 fully saturated rings. The Hall–Kier alpha value is -3.31. The molecule has 0 aliphatic rings. The Morgan fingerprint density at radius 1 is 0.946 bits per heavy atom. The summed E-state index contributed by atoms with van der Waals surface area (Å²) in [6, 6.07) is 15.8. The van der Waals surface area contributed by atoms with Crippen LogP contribution in [0.15, 0.2) is 71.6 Å². The quantitative estimate of drug-likeness (QED) is 0.313. The number of sulfonamides is 1. The fourth-order valence-electron chi connectivity index (χ4n) is 3.44. The number of carbonyl (C=O) groups excluding carboxylic acids is 1. The van der Waals surface area contributed by atoms with Crippen LogP contribution in [0.25, 0.3) is 0 Å². The van der Waals surface area contributed by atoms with Crippen molar-refractivity contribution in [3.8, 4) is 11.5 Å². The highest BCUT2D eigenvalue weighted by atomic mass is 32.2. The van der Waals surface area contributed by atoms with Crippen LogP contribution in [-0.2, 0) is 20.6 Å². The van der Waals surface area contributed by atoms with Gasteiger partial charge in [-0.1, -0.05) is 30.3 Å². The van der Waals surface area contributed by atoms with Crippen LogP contribution in [0.4, 0.5) is 14.5 Å². The molecule has 0 bridgehead atoms.